The van der Waals surface area contributed by atoms with Gasteiger partial charge in [-0.1, -0.05) is 11.6 Å². The lowest BCUT2D eigenvalue weighted by molar-refractivity contribution is -0.114. The van der Waals surface area contributed by atoms with Crippen LogP contribution in [-0.4, -0.2) is 26.0 Å². The lowest BCUT2D eigenvalue weighted by atomic mass is 10.1. The maximum absolute atomic E-state index is 12.4. The molecule has 2 aromatic rings. The molecule has 2 rings (SSSR count). The molecule has 0 aromatic heterocycles. The summed E-state index contributed by atoms with van der Waals surface area (Å²) in [6.07, 6.45) is 1.40. The molecule has 0 spiro atoms. The van der Waals surface area contributed by atoms with E-state index in [2.05, 4.69) is 10.6 Å². The second-order valence-electron chi connectivity index (χ2n) is 5.62. The zero-order valence-corrected chi connectivity index (χ0v) is 16.3. The van der Waals surface area contributed by atoms with Crippen LogP contribution in [0.1, 0.15) is 12.5 Å². The van der Waals surface area contributed by atoms with Gasteiger partial charge in [-0.3, -0.25) is 9.59 Å². The van der Waals surface area contributed by atoms with Gasteiger partial charge in [0.2, 0.25) is 5.91 Å². The van der Waals surface area contributed by atoms with Gasteiger partial charge in [0.1, 0.15) is 11.6 Å². The molecular weight excluding hydrogens is 382 g/mol. The fourth-order valence-electron chi connectivity index (χ4n) is 2.38. The van der Waals surface area contributed by atoms with E-state index in [1.54, 1.807) is 36.4 Å². The highest BCUT2D eigenvalue weighted by Crippen LogP contribution is 2.36. The first-order valence-corrected chi connectivity index (χ1v) is 8.48. The van der Waals surface area contributed by atoms with E-state index in [-0.39, 0.29) is 11.5 Å². The quantitative estimate of drug-likeness (QED) is 0.567. The molecular formula is C20H18ClN3O4. The molecule has 0 radical (unpaired) electrons. The predicted molar refractivity (Wildman–Crippen MR) is 108 cm³/mol. The maximum Gasteiger partial charge on any atom is 0.266 e. The number of nitrogens with zero attached hydrogens (tertiary/aromatic N) is 1. The molecule has 0 aliphatic heterocycles. The fourth-order valence-corrected chi connectivity index (χ4v) is 2.67. The van der Waals surface area contributed by atoms with Crippen LogP contribution >= 0.6 is 11.6 Å². The minimum atomic E-state index is -0.583. The molecule has 0 unspecified atom stereocenters. The summed E-state index contributed by atoms with van der Waals surface area (Å²) in [5, 5.41) is 14.9. The summed E-state index contributed by atoms with van der Waals surface area (Å²) in [5.41, 5.74) is 1.47. The van der Waals surface area contributed by atoms with Crippen LogP contribution in [0.25, 0.3) is 6.08 Å². The molecule has 0 saturated heterocycles. The second kappa shape index (κ2) is 9.44. The van der Waals surface area contributed by atoms with Crippen LogP contribution in [0.15, 0.2) is 42.0 Å². The number of nitrogens with one attached hydrogen (secondary N) is 2. The van der Waals surface area contributed by atoms with Crippen LogP contribution < -0.4 is 20.1 Å². The molecule has 0 saturated carbocycles. The number of halogens is 1. The molecule has 0 aliphatic rings. The molecule has 0 fully saturated rings. The predicted octanol–water partition coefficient (Wildman–Crippen LogP) is 3.86. The number of hydrogen-bond donors (Lipinski definition) is 2. The molecule has 7 nitrogen and oxygen atoms in total. The van der Waals surface area contributed by atoms with E-state index in [1.807, 2.05) is 6.07 Å². The smallest absolute Gasteiger partial charge is 0.266 e. The Balaban J connectivity index is 2.23. The molecule has 0 bridgehead atoms. The topological polar surface area (TPSA) is 100 Å². The summed E-state index contributed by atoms with van der Waals surface area (Å²) in [6.45, 7) is 1.40. The lowest BCUT2D eigenvalue weighted by Gasteiger charge is -2.10. The van der Waals surface area contributed by atoms with E-state index in [0.29, 0.717) is 33.5 Å². The third kappa shape index (κ3) is 5.25. The first-order chi connectivity index (χ1) is 13.4. The highest BCUT2D eigenvalue weighted by Gasteiger charge is 2.13. The van der Waals surface area contributed by atoms with Crippen molar-refractivity contribution in [2.45, 2.75) is 6.92 Å². The molecule has 2 aromatic carbocycles. The number of amides is 2. The number of hydrogen-bond acceptors (Lipinski definition) is 5. The van der Waals surface area contributed by atoms with Gasteiger partial charge in [-0.05, 0) is 48.0 Å². The average molecular weight is 400 g/mol. The molecule has 2 N–H and O–H groups in total. The molecule has 144 valence electrons. The number of benzene rings is 2. The summed E-state index contributed by atoms with van der Waals surface area (Å²) >= 11 is 6.15. The minimum absolute atomic E-state index is 0.116. The van der Waals surface area contributed by atoms with Crippen molar-refractivity contribution in [2.24, 2.45) is 0 Å². The Morgan fingerprint density at radius 1 is 1.07 bits per heavy atom. The Kier molecular flexibility index (Phi) is 7.02. The second-order valence-corrected chi connectivity index (χ2v) is 6.03. The Labute approximate surface area is 167 Å². The van der Waals surface area contributed by atoms with Gasteiger partial charge >= 0.3 is 0 Å². The SMILES string of the molecule is COc1cc(/C=C(\C#N)C(=O)Nc2ccc(NC(C)=O)cc2)cc(Cl)c1OC. The molecule has 0 aliphatic carbocycles. The van der Waals surface area contributed by atoms with Crippen LogP contribution in [-0.2, 0) is 9.59 Å². The molecule has 0 atom stereocenters. The zero-order chi connectivity index (χ0) is 20.7. The largest absolute Gasteiger partial charge is 0.493 e. The normalized spacial score (nSPS) is 10.6. The summed E-state index contributed by atoms with van der Waals surface area (Å²) in [5.74, 6) is -0.0307. The van der Waals surface area contributed by atoms with E-state index < -0.39 is 5.91 Å². The number of rotatable bonds is 6. The number of ether oxygens (including phenoxy) is 2. The lowest BCUT2D eigenvalue weighted by Crippen LogP contribution is -2.13. The molecule has 28 heavy (non-hydrogen) atoms. The molecule has 2 amide bonds. The van der Waals surface area contributed by atoms with Crippen molar-refractivity contribution in [3.63, 3.8) is 0 Å². The van der Waals surface area contributed by atoms with Crippen LogP contribution in [0.4, 0.5) is 11.4 Å². The Hall–Kier alpha value is -3.50. The molecule has 8 heteroatoms. The highest BCUT2D eigenvalue weighted by molar-refractivity contribution is 6.32. The van der Waals surface area contributed by atoms with Crippen molar-refractivity contribution in [2.75, 3.05) is 24.9 Å². The van der Waals surface area contributed by atoms with Crippen molar-refractivity contribution in [1.82, 2.24) is 0 Å². The van der Waals surface area contributed by atoms with E-state index >= 15 is 0 Å². The van der Waals surface area contributed by atoms with Gasteiger partial charge in [0.05, 0.1) is 19.2 Å². The van der Waals surface area contributed by atoms with Crippen LogP contribution in [0.2, 0.25) is 5.02 Å². The Morgan fingerprint density at radius 2 is 1.68 bits per heavy atom. The van der Waals surface area contributed by atoms with Crippen LogP contribution in [0, 0.1) is 11.3 Å². The van der Waals surface area contributed by atoms with Crippen LogP contribution in [0.3, 0.4) is 0 Å². The standard InChI is InChI=1S/C20H18ClN3O4/c1-12(25)23-15-4-6-16(7-5-15)24-20(26)14(11-22)8-13-9-17(21)19(28-3)18(10-13)27-2/h4-10H,1-3H3,(H,23,25)(H,24,26)/b14-8+. The van der Waals surface area contributed by atoms with Gasteiger partial charge in [0.25, 0.3) is 5.91 Å². The third-order valence-electron chi connectivity index (χ3n) is 3.60. The summed E-state index contributed by atoms with van der Waals surface area (Å²) < 4.78 is 10.4. The first kappa shape index (κ1) is 20.8. The highest BCUT2D eigenvalue weighted by atomic mass is 35.5. The van der Waals surface area contributed by atoms with Crippen molar-refractivity contribution >= 4 is 40.9 Å². The van der Waals surface area contributed by atoms with Gasteiger partial charge in [-0.2, -0.15) is 5.26 Å². The van der Waals surface area contributed by atoms with Gasteiger partial charge in [-0.15, -0.1) is 0 Å². The van der Waals surface area contributed by atoms with E-state index in [9.17, 15) is 14.9 Å². The summed E-state index contributed by atoms with van der Waals surface area (Å²) in [4.78, 5) is 23.4. The third-order valence-corrected chi connectivity index (χ3v) is 3.88. The number of carbonyl (C=O) groups is 2. The average Bonchev–Trinajstić information content (AvgIpc) is 2.66. The monoisotopic (exact) mass is 399 g/mol. The number of methoxy groups -OCH3 is 2. The number of nitriles is 1. The van der Waals surface area contributed by atoms with Crippen molar-refractivity contribution in [3.05, 3.63) is 52.6 Å². The van der Waals surface area contributed by atoms with E-state index in [4.69, 9.17) is 21.1 Å². The van der Waals surface area contributed by atoms with E-state index in [0.717, 1.165) is 0 Å². The first-order valence-electron chi connectivity index (χ1n) is 8.10. The van der Waals surface area contributed by atoms with Gasteiger partial charge in [-0.25, -0.2) is 0 Å². The fraction of sp³-hybridized carbons (Fsp3) is 0.150. The van der Waals surface area contributed by atoms with Crippen molar-refractivity contribution < 1.29 is 19.1 Å². The minimum Gasteiger partial charge on any atom is -0.493 e. The summed E-state index contributed by atoms with van der Waals surface area (Å²) in [6, 6.07) is 11.6. The van der Waals surface area contributed by atoms with Gasteiger partial charge < -0.3 is 20.1 Å². The Morgan fingerprint density at radius 3 is 2.18 bits per heavy atom. The van der Waals surface area contributed by atoms with Crippen molar-refractivity contribution in [1.29, 1.82) is 5.26 Å². The summed E-state index contributed by atoms with van der Waals surface area (Å²) in [7, 11) is 2.93. The van der Waals surface area contributed by atoms with Gasteiger partial charge in [0, 0.05) is 18.3 Å². The van der Waals surface area contributed by atoms with Crippen molar-refractivity contribution in [3.8, 4) is 17.6 Å². The maximum atomic E-state index is 12.4. The van der Waals surface area contributed by atoms with E-state index in [1.165, 1.54) is 27.2 Å². The Bertz CT molecular complexity index is 963. The van der Waals surface area contributed by atoms with Gasteiger partial charge in [0.15, 0.2) is 11.5 Å². The zero-order valence-electron chi connectivity index (χ0n) is 15.5. The number of carbonyl (C=O) groups excluding carboxylic acids is 2. The number of anilines is 2. The van der Waals surface area contributed by atoms with Crippen LogP contribution in [0.5, 0.6) is 11.5 Å². The molecule has 0 heterocycles.